The van der Waals surface area contributed by atoms with Gasteiger partial charge < -0.3 is 4.57 Å². The number of thiocarbonyl (C=S) groups is 1. The summed E-state index contributed by atoms with van der Waals surface area (Å²) in [7, 11) is 0. The third-order valence-electron chi connectivity index (χ3n) is 6.87. The second-order valence-electron chi connectivity index (χ2n) is 9.37. The number of nitrogens with one attached hydrogen (secondary N) is 1. The highest BCUT2D eigenvalue weighted by Gasteiger charge is 2.36. The standard InChI is InChI=1S/C31H20F3N3O2S/c32-31(33,34)22-10-6-11-23(16-22)37-29(39)26(28(38)35-30(37)40)15-21-18-36(27-14-4-3-13-25(21)27)17-20-9-5-8-19-7-1-2-12-24(19)20/h1-16,18H,17H2,(H,35,38,40)/b26-15+. The Bertz CT molecular complexity index is 1870. The number of benzene rings is 4. The van der Waals surface area contributed by atoms with Crippen LogP contribution in [0.1, 0.15) is 16.7 Å². The van der Waals surface area contributed by atoms with Crippen LogP contribution in [0.25, 0.3) is 27.8 Å². The van der Waals surface area contributed by atoms with Gasteiger partial charge in [0.15, 0.2) is 5.11 Å². The number of nitrogens with zero attached hydrogens (tertiary/aromatic N) is 2. The van der Waals surface area contributed by atoms with Crippen LogP contribution >= 0.6 is 12.2 Å². The number of hydrogen-bond acceptors (Lipinski definition) is 3. The summed E-state index contributed by atoms with van der Waals surface area (Å²) in [5.41, 5.74) is 1.36. The summed E-state index contributed by atoms with van der Waals surface area (Å²) in [5.74, 6) is -1.52. The fraction of sp³-hybridized carbons (Fsp3) is 0.0645. The number of hydrogen-bond donors (Lipinski definition) is 1. The normalized spacial score (nSPS) is 15.3. The molecule has 40 heavy (non-hydrogen) atoms. The van der Waals surface area contributed by atoms with Gasteiger partial charge >= 0.3 is 6.18 Å². The Balaban J connectivity index is 1.42. The topological polar surface area (TPSA) is 54.3 Å². The number of para-hydroxylation sites is 1. The lowest BCUT2D eigenvalue weighted by molar-refractivity contribution is -0.137. The van der Waals surface area contributed by atoms with E-state index < -0.39 is 23.6 Å². The Hall–Kier alpha value is -4.76. The Morgan fingerprint density at radius 2 is 1.55 bits per heavy atom. The predicted molar refractivity (Wildman–Crippen MR) is 153 cm³/mol. The summed E-state index contributed by atoms with van der Waals surface area (Å²) in [4.78, 5) is 27.3. The van der Waals surface area contributed by atoms with Crippen molar-refractivity contribution in [1.29, 1.82) is 0 Å². The van der Waals surface area contributed by atoms with E-state index in [0.717, 1.165) is 44.3 Å². The van der Waals surface area contributed by atoms with Crippen molar-refractivity contribution in [1.82, 2.24) is 9.88 Å². The number of rotatable bonds is 4. The highest BCUT2D eigenvalue weighted by atomic mass is 32.1. The van der Waals surface area contributed by atoms with E-state index in [1.165, 1.54) is 18.2 Å². The highest BCUT2D eigenvalue weighted by molar-refractivity contribution is 7.80. The average Bonchev–Trinajstić information content (AvgIpc) is 3.28. The van der Waals surface area contributed by atoms with Crippen LogP contribution in [0, 0.1) is 0 Å². The van der Waals surface area contributed by atoms with Gasteiger partial charge in [-0.1, -0.05) is 66.7 Å². The van der Waals surface area contributed by atoms with Crippen LogP contribution in [0.2, 0.25) is 0 Å². The van der Waals surface area contributed by atoms with Crippen LogP contribution in [0.4, 0.5) is 18.9 Å². The molecule has 1 fully saturated rings. The molecule has 1 aliphatic rings. The lowest BCUT2D eigenvalue weighted by Crippen LogP contribution is -2.54. The molecule has 6 rings (SSSR count). The van der Waals surface area contributed by atoms with Gasteiger partial charge in [-0.3, -0.25) is 19.8 Å². The predicted octanol–water partition coefficient (Wildman–Crippen LogP) is 6.69. The zero-order valence-corrected chi connectivity index (χ0v) is 21.6. The van der Waals surface area contributed by atoms with Crippen molar-refractivity contribution in [3.05, 3.63) is 119 Å². The molecule has 9 heteroatoms. The van der Waals surface area contributed by atoms with Gasteiger partial charge in [-0.2, -0.15) is 13.2 Å². The monoisotopic (exact) mass is 555 g/mol. The van der Waals surface area contributed by atoms with Crippen molar-refractivity contribution in [3.8, 4) is 0 Å². The van der Waals surface area contributed by atoms with Crippen LogP contribution in [-0.4, -0.2) is 21.5 Å². The average molecular weight is 556 g/mol. The van der Waals surface area contributed by atoms with Crippen molar-refractivity contribution >= 4 is 62.6 Å². The SMILES string of the molecule is O=C1NC(=S)N(c2cccc(C(F)(F)F)c2)C(=O)/C1=C/c1cn(Cc2cccc3ccccc23)c2ccccc12. The number of aromatic nitrogens is 1. The molecule has 4 aromatic carbocycles. The Kier molecular flexibility index (Phi) is 6.23. The molecular formula is C31H20F3N3O2S. The smallest absolute Gasteiger partial charge is 0.342 e. The molecule has 0 radical (unpaired) electrons. The molecule has 0 bridgehead atoms. The number of fused-ring (bicyclic) bond motifs is 2. The van der Waals surface area contributed by atoms with Gasteiger partial charge in [0.25, 0.3) is 11.8 Å². The summed E-state index contributed by atoms with van der Waals surface area (Å²) < 4.78 is 42.0. The second kappa shape index (κ2) is 9.77. The van der Waals surface area contributed by atoms with E-state index in [0.29, 0.717) is 12.1 Å². The molecule has 198 valence electrons. The number of halogens is 3. The fourth-order valence-electron chi connectivity index (χ4n) is 5.00. The quantitative estimate of drug-likeness (QED) is 0.153. The Morgan fingerprint density at radius 3 is 2.35 bits per heavy atom. The molecular weight excluding hydrogens is 535 g/mol. The van der Waals surface area contributed by atoms with Gasteiger partial charge in [0.05, 0.1) is 11.3 Å². The Morgan fingerprint density at radius 1 is 0.850 bits per heavy atom. The lowest BCUT2D eigenvalue weighted by atomic mass is 10.0. The minimum atomic E-state index is -4.61. The summed E-state index contributed by atoms with van der Waals surface area (Å²) in [6.45, 7) is 0.547. The van der Waals surface area contributed by atoms with E-state index in [1.54, 1.807) is 0 Å². The third-order valence-corrected chi connectivity index (χ3v) is 7.16. The zero-order valence-electron chi connectivity index (χ0n) is 20.8. The van der Waals surface area contributed by atoms with Crippen molar-refractivity contribution < 1.29 is 22.8 Å². The van der Waals surface area contributed by atoms with E-state index >= 15 is 0 Å². The summed E-state index contributed by atoms with van der Waals surface area (Å²) in [6, 6.07) is 26.1. The number of anilines is 1. The molecule has 1 saturated heterocycles. The molecule has 2 heterocycles. The van der Waals surface area contributed by atoms with Gasteiger partial charge in [0.2, 0.25) is 0 Å². The van der Waals surface area contributed by atoms with Crippen LogP contribution < -0.4 is 10.2 Å². The van der Waals surface area contributed by atoms with Crippen molar-refractivity contribution in [2.24, 2.45) is 0 Å². The largest absolute Gasteiger partial charge is 0.416 e. The molecule has 5 nitrogen and oxygen atoms in total. The fourth-order valence-corrected chi connectivity index (χ4v) is 5.28. The van der Waals surface area contributed by atoms with E-state index in [9.17, 15) is 22.8 Å². The van der Waals surface area contributed by atoms with Gasteiger partial charge in [-0.15, -0.1) is 0 Å². The molecule has 5 aromatic rings. The maximum absolute atomic E-state index is 13.5. The first kappa shape index (κ1) is 25.5. The molecule has 1 aromatic heterocycles. The summed E-state index contributed by atoms with van der Waals surface area (Å²) in [6.07, 6.45) is -1.28. The minimum absolute atomic E-state index is 0.0888. The van der Waals surface area contributed by atoms with Gasteiger partial charge in [-0.25, -0.2) is 0 Å². The first-order chi connectivity index (χ1) is 19.2. The van der Waals surface area contributed by atoms with E-state index in [2.05, 4.69) is 29.6 Å². The van der Waals surface area contributed by atoms with Crippen molar-refractivity contribution in [3.63, 3.8) is 0 Å². The molecule has 2 amide bonds. The molecule has 0 spiro atoms. The second-order valence-corrected chi connectivity index (χ2v) is 9.76. The molecule has 0 atom stereocenters. The van der Waals surface area contributed by atoms with Crippen molar-refractivity contribution in [2.75, 3.05) is 4.90 Å². The first-order valence-corrected chi connectivity index (χ1v) is 12.7. The number of amides is 2. The summed E-state index contributed by atoms with van der Waals surface area (Å²) in [5, 5.41) is 5.21. The number of alkyl halides is 3. The van der Waals surface area contributed by atoms with Gasteiger partial charge in [0.1, 0.15) is 5.57 Å². The first-order valence-electron chi connectivity index (χ1n) is 12.3. The molecule has 1 aliphatic heterocycles. The van der Waals surface area contributed by atoms with Crippen LogP contribution in [-0.2, 0) is 22.3 Å². The lowest BCUT2D eigenvalue weighted by Gasteiger charge is -2.29. The molecule has 0 unspecified atom stereocenters. The minimum Gasteiger partial charge on any atom is -0.342 e. The number of carbonyl (C=O) groups is 2. The van der Waals surface area contributed by atoms with Crippen molar-refractivity contribution in [2.45, 2.75) is 12.7 Å². The van der Waals surface area contributed by atoms with Crippen LogP contribution in [0.3, 0.4) is 0 Å². The highest BCUT2D eigenvalue weighted by Crippen LogP contribution is 2.33. The van der Waals surface area contributed by atoms with E-state index in [4.69, 9.17) is 12.2 Å². The van der Waals surface area contributed by atoms with Gasteiger partial charge in [-0.05, 0) is 58.9 Å². The maximum atomic E-state index is 13.5. The molecule has 0 saturated carbocycles. The van der Waals surface area contributed by atoms with Crippen LogP contribution in [0.15, 0.2) is 103 Å². The van der Waals surface area contributed by atoms with Gasteiger partial charge in [0, 0.05) is 29.2 Å². The van der Waals surface area contributed by atoms with E-state index in [-0.39, 0.29) is 16.4 Å². The van der Waals surface area contributed by atoms with Crippen LogP contribution in [0.5, 0.6) is 0 Å². The Labute approximate surface area is 232 Å². The van der Waals surface area contributed by atoms with E-state index in [1.807, 2.05) is 53.2 Å². The molecule has 0 aliphatic carbocycles. The zero-order chi connectivity index (χ0) is 28.0. The maximum Gasteiger partial charge on any atom is 0.416 e. The molecule has 1 N–H and O–H groups in total. The third kappa shape index (κ3) is 4.54. The number of carbonyl (C=O) groups excluding carboxylic acids is 2. The summed E-state index contributed by atoms with van der Waals surface area (Å²) >= 11 is 5.17.